The first-order valence-electron chi connectivity index (χ1n) is 6.08. The van der Waals surface area contributed by atoms with E-state index in [2.05, 4.69) is 10.5 Å². The Hall–Kier alpha value is -0.830. The predicted octanol–water partition coefficient (Wildman–Crippen LogP) is 2.88. The van der Waals surface area contributed by atoms with Crippen LogP contribution in [0.3, 0.4) is 0 Å². The average molecular weight is 208 g/mol. The highest BCUT2D eigenvalue weighted by molar-refractivity contribution is 4.92. The van der Waals surface area contributed by atoms with Crippen molar-refractivity contribution in [2.75, 3.05) is 0 Å². The molecule has 0 spiro atoms. The van der Waals surface area contributed by atoms with Crippen molar-refractivity contribution in [3.63, 3.8) is 0 Å². The maximum absolute atomic E-state index is 5.07. The zero-order valence-corrected chi connectivity index (χ0v) is 9.24. The van der Waals surface area contributed by atoms with Gasteiger partial charge in [-0.1, -0.05) is 37.3 Å². The second-order valence-corrected chi connectivity index (χ2v) is 4.40. The number of hydrogen-bond acceptors (Lipinski definition) is 3. The molecular formula is C12H20N2O. The zero-order valence-electron chi connectivity index (χ0n) is 9.24. The third-order valence-electron chi connectivity index (χ3n) is 3.16. The van der Waals surface area contributed by atoms with Gasteiger partial charge in [0, 0.05) is 12.1 Å². The molecule has 1 heterocycles. The van der Waals surface area contributed by atoms with E-state index in [4.69, 9.17) is 4.52 Å². The Bertz CT molecular complexity index is 251. The van der Waals surface area contributed by atoms with E-state index in [1.165, 1.54) is 44.9 Å². The molecule has 0 aromatic carbocycles. The first-order valence-corrected chi connectivity index (χ1v) is 6.08. The molecule has 1 saturated carbocycles. The molecule has 3 heteroatoms. The third-order valence-corrected chi connectivity index (χ3v) is 3.16. The van der Waals surface area contributed by atoms with Gasteiger partial charge in [-0.25, -0.2) is 0 Å². The van der Waals surface area contributed by atoms with Crippen molar-refractivity contribution in [3.05, 3.63) is 18.0 Å². The highest BCUT2D eigenvalue weighted by Crippen LogP contribution is 2.17. The van der Waals surface area contributed by atoms with Gasteiger partial charge in [0.05, 0.1) is 12.7 Å². The van der Waals surface area contributed by atoms with E-state index < -0.39 is 0 Å². The van der Waals surface area contributed by atoms with Gasteiger partial charge in [-0.05, 0) is 12.8 Å². The fraction of sp³-hybridized carbons (Fsp3) is 0.750. The number of nitrogens with one attached hydrogen (secondary N) is 1. The van der Waals surface area contributed by atoms with Gasteiger partial charge in [0.1, 0.15) is 5.76 Å². The first-order chi connectivity index (χ1) is 7.45. The molecule has 2 rings (SSSR count). The van der Waals surface area contributed by atoms with Crippen molar-refractivity contribution in [1.29, 1.82) is 0 Å². The highest BCUT2D eigenvalue weighted by Gasteiger charge is 2.11. The molecule has 1 N–H and O–H groups in total. The summed E-state index contributed by atoms with van der Waals surface area (Å²) in [5.41, 5.74) is 0. The molecule has 1 fully saturated rings. The summed E-state index contributed by atoms with van der Waals surface area (Å²) in [6, 6.07) is 2.60. The van der Waals surface area contributed by atoms with E-state index in [-0.39, 0.29) is 0 Å². The van der Waals surface area contributed by atoms with Gasteiger partial charge in [-0.15, -0.1) is 0 Å². The average Bonchev–Trinajstić information content (AvgIpc) is 2.68. The molecule has 1 aromatic rings. The molecule has 0 atom stereocenters. The minimum absolute atomic E-state index is 0.676. The molecule has 1 aromatic heterocycles. The standard InChI is InChI=1S/C12H20N2O/c1-2-4-6-11(7-5-3-1)13-10-12-8-9-14-15-12/h8-9,11,13H,1-7,10H2. The fourth-order valence-corrected chi connectivity index (χ4v) is 2.24. The van der Waals surface area contributed by atoms with E-state index in [9.17, 15) is 0 Å². The summed E-state index contributed by atoms with van der Waals surface area (Å²) in [4.78, 5) is 0. The van der Waals surface area contributed by atoms with Crippen LogP contribution in [0.25, 0.3) is 0 Å². The van der Waals surface area contributed by atoms with E-state index in [0.29, 0.717) is 6.04 Å². The lowest BCUT2D eigenvalue weighted by atomic mass is 9.97. The minimum Gasteiger partial charge on any atom is -0.360 e. The van der Waals surface area contributed by atoms with Crippen LogP contribution >= 0.6 is 0 Å². The molecule has 84 valence electrons. The van der Waals surface area contributed by atoms with Crippen LogP contribution < -0.4 is 5.32 Å². The Kier molecular flexibility index (Phi) is 4.21. The van der Waals surface area contributed by atoms with Gasteiger partial charge in [-0.2, -0.15) is 0 Å². The number of hydrogen-bond donors (Lipinski definition) is 1. The minimum atomic E-state index is 0.676. The van der Waals surface area contributed by atoms with E-state index in [0.717, 1.165) is 12.3 Å². The fourth-order valence-electron chi connectivity index (χ4n) is 2.24. The maximum atomic E-state index is 5.07. The van der Waals surface area contributed by atoms with Crippen LogP contribution in [-0.4, -0.2) is 11.2 Å². The second kappa shape index (κ2) is 5.91. The molecule has 0 amide bonds. The van der Waals surface area contributed by atoms with Crippen LogP contribution in [0.1, 0.15) is 50.7 Å². The van der Waals surface area contributed by atoms with E-state index in [1.54, 1.807) is 6.20 Å². The summed E-state index contributed by atoms with van der Waals surface area (Å²) in [5.74, 6) is 0.942. The van der Waals surface area contributed by atoms with E-state index >= 15 is 0 Å². The molecule has 0 aliphatic heterocycles. The van der Waals surface area contributed by atoms with Crippen molar-refractivity contribution in [3.8, 4) is 0 Å². The monoisotopic (exact) mass is 208 g/mol. The molecule has 1 aliphatic carbocycles. The Morgan fingerprint density at radius 1 is 1.20 bits per heavy atom. The van der Waals surface area contributed by atoms with Gasteiger partial charge in [0.15, 0.2) is 0 Å². The number of rotatable bonds is 3. The summed E-state index contributed by atoms with van der Waals surface area (Å²) in [5, 5.41) is 7.26. The molecule has 0 radical (unpaired) electrons. The maximum Gasteiger partial charge on any atom is 0.150 e. The molecule has 0 bridgehead atoms. The Morgan fingerprint density at radius 2 is 1.93 bits per heavy atom. The molecule has 15 heavy (non-hydrogen) atoms. The highest BCUT2D eigenvalue weighted by atomic mass is 16.5. The summed E-state index contributed by atoms with van der Waals surface area (Å²) in [7, 11) is 0. The van der Waals surface area contributed by atoms with Gasteiger partial charge in [0.2, 0.25) is 0 Å². The van der Waals surface area contributed by atoms with Crippen molar-refractivity contribution in [1.82, 2.24) is 10.5 Å². The summed E-state index contributed by atoms with van der Waals surface area (Å²) >= 11 is 0. The van der Waals surface area contributed by atoms with Gasteiger partial charge in [0.25, 0.3) is 0 Å². The largest absolute Gasteiger partial charge is 0.360 e. The van der Waals surface area contributed by atoms with Crippen LogP contribution in [0.4, 0.5) is 0 Å². The number of nitrogens with zero attached hydrogens (tertiary/aromatic N) is 1. The van der Waals surface area contributed by atoms with Crippen LogP contribution in [0.5, 0.6) is 0 Å². The zero-order chi connectivity index (χ0) is 10.3. The lowest BCUT2D eigenvalue weighted by Crippen LogP contribution is -2.29. The lowest BCUT2D eigenvalue weighted by Gasteiger charge is -2.20. The summed E-state index contributed by atoms with van der Waals surface area (Å²) in [6.07, 6.45) is 11.3. The Balaban J connectivity index is 1.72. The molecule has 1 aliphatic rings. The van der Waals surface area contributed by atoms with Crippen LogP contribution in [0.15, 0.2) is 16.8 Å². The smallest absolute Gasteiger partial charge is 0.150 e. The van der Waals surface area contributed by atoms with Gasteiger partial charge < -0.3 is 9.84 Å². The normalized spacial score (nSPS) is 19.7. The summed E-state index contributed by atoms with van der Waals surface area (Å²) in [6.45, 7) is 0.824. The van der Waals surface area contributed by atoms with Crippen molar-refractivity contribution in [2.24, 2.45) is 0 Å². The van der Waals surface area contributed by atoms with Crippen molar-refractivity contribution >= 4 is 0 Å². The topological polar surface area (TPSA) is 38.1 Å². The van der Waals surface area contributed by atoms with Crippen molar-refractivity contribution < 1.29 is 4.52 Å². The third kappa shape index (κ3) is 3.67. The number of aromatic nitrogens is 1. The van der Waals surface area contributed by atoms with Gasteiger partial charge in [-0.3, -0.25) is 0 Å². The van der Waals surface area contributed by atoms with Crippen LogP contribution in [0, 0.1) is 0 Å². The molecule has 3 nitrogen and oxygen atoms in total. The molecular weight excluding hydrogens is 188 g/mol. The van der Waals surface area contributed by atoms with E-state index in [1.807, 2.05) is 6.07 Å². The summed E-state index contributed by atoms with van der Waals surface area (Å²) < 4.78 is 5.07. The quantitative estimate of drug-likeness (QED) is 0.830. The Labute approximate surface area is 91.2 Å². The lowest BCUT2D eigenvalue weighted by molar-refractivity contribution is 0.340. The SMILES string of the molecule is c1cc(CNC2CCCCCCC2)on1. The van der Waals surface area contributed by atoms with Crippen molar-refractivity contribution in [2.45, 2.75) is 57.5 Å². The Morgan fingerprint density at radius 3 is 2.60 bits per heavy atom. The van der Waals surface area contributed by atoms with Crippen LogP contribution in [0.2, 0.25) is 0 Å². The predicted molar refractivity (Wildman–Crippen MR) is 59.4 cm³/mol. The first kappa shape index (κ1) is 10.7. The molecule has 0 unspecified atom stereocenters. The molecule has 0 saturated heterocycles. The van der Waals surface area contributed by atoms with Gasteiger partial charge >= 0.3 is 0 Å². The second-order valence-electron chi connectivity index (χ2n) is 4.40. The van der Waals surface area contributed by atoms with Crippen LogP contribution in [-0.2, 0) is 6.54 Å².